The lowest BCUT2D eigenvalue weighted by atomic mass is 10.3. The fourth-order valence-corrected chi connectivity index (χ4v) is 2.08. The van der Waals surface area contributed by atoms with E-state index in [2.05, 4.69) is 0 Å². The second-order valence-corrected chi connectivity index (χ2v) is 5.09. The second-order valence-electron chi connectivity index (χ2n) is 2.55. The molecule has 7 nitrogen and oxygen atoms in total. The highest BCUT2D eigenvalue weighted by Crippen LogP contribution is 2.20. The van der Waals surface area contributed by atoms with Crippen LogP contribution in [-0.4, -0.2) is 25.9 Å². The lowest BCUT2D eigenvalue weighted by Crippen LogP contribution is -2.13. The minimum atomic E-state index is -4.59. The molecule has 9 heteroatoms. The molecule has 0 unspecified atom stereocenters. The summed E-state index contributed by atoms with van der Waals surface area (Å²) in [6.45, 7) is 0. The van der Waals surface area contributed by atoms with E-state index in [-0.39, 0.29) is 0 Å². The number of nitrogens with one attached hydrogen (secondary N) is 1. The molecular weight excluding hydrogens is 246 g/mol. The zero-order valence-electron chi connectivity index (χ0n) is 7.15. The molecule has 0 radical (unpaired) electrons. The topological polar surface area (TPSA) is 121 Å². The summed E-state index contributed by atoms with van der Waals surface area (Å²) in [7, 11) is -9.13. The van der Waals surface area contributed by atoms with Gasteiger partial charge in [-0.15, -0.1) is 0 Å². The summed E-state index contributed by atoms with van der Waals surface area (Å²) in [5.74, 6) is 0. The van der Waals surface area contributed by atoms with E-state index < -0.39 is 31.0 Å². The Balaban J connectivity index is 3.32. The number of hydrogen-bond donors (Lipinski definition) is 3. The Bertz CT molecular complexity index is 561. The van der Waals surface area contributed by atoms with Crippen LogP contribution in [0.25, 0.3) is 0 Å². The summed E-state index contributed by atoms with van der Waals surface area (Å²) in [6.07, 6.45) is 0. The van der Waals surface area contributed by atoms with Crippen molar-refractivity contribution < 1.29 is 25.9 Å². The van der Waals surface area contributed by atoms with Crippen LogP contribution >= 0.6 is 0 Å². The zero-order chi connectivity index (χ0) is 11.7. The fraction of sp³-hybridized carbons (Fsp3) is 0. The Kier molecular flexibility index (Phi) is 3.00. The molecule has 0 aliphatic heterocycles. The van der Waals surface area contributed by atoms with E-state index in [1.165, 1.54) is 12.1 Å². The van der Waals surface area contributed by atoms with Crippen LogP contribution in [0.5, 0.6) is 0 Å². The van der Waals surface area contributed by atoms with Crippen molar-refractivity contribution in [1.82, 2.24) is 0 Å². The first-order valence-electron chi connectivity index (χ1n) is 3.52. The van der Waals surface area contributed by atoms with Crippen molar-refractivity contribution >= 4 is 26.1 Å². The largest absolute Gasteiger partial charge is 0.357 e. The SMILES string of the molecule is O=S(=O)(O)Nc1ccccc1S(=O)(=O)O. The first-order chi connectivity index (χ1) is 6.70. The first kappa shape index (κ1) is 11.9. The Labute approximate surface area is 86.4 Å². The van der Waals surface area contributed by atoms with Gasteiger partial charge in [-0.1, -0.05) is 12.1 Å². The van der Waals surface area contributed by atoms with Gasteiger partial charge in [-0.05, 0) is 12.1 Å². The van der Waals surface area contributed by atoms with E-state index in [0.717, 1.165) is 12.1 Å². The molecule has 0 aliphatic carbocycles. The van der Waals surface area contributed by atoms with Crippen LogP contribution in [0.15, 0.2) is 29.2 Å². The molecule has 0 atom stereocenters. The molecule has 15 heavy (non-hydrogen) atoms. The van der Waals surface area contributed by atoms with Crippen molar-refractivity contribution in [2.45, 2.75) is 4.90 Å². The average Bonchev–Trinajstić information content (AvgIpc) is 1.99. The van der Waals surface area contributed by atoms with Crippen LogP contribution in [0.3, 0.4) is 0 Å². The quantitative estimate of drug-likeness (QED) is 0.659. The van der Waals surface area contributed by atoms with Gasteiger partial charge in [0.1, 0.15) is 4.90 Å². The molecule has 1 aromatic rings. The number of anilines is 1. The standard InChI is InChI=1S/C6H7NO6S2/c8-14(9,10)6-4-2-1-3-5(6)7-15(11,12)13/h1-4,7H,(H,8,9,10)(H,11,12,13). The van der Waals surface area contributed by atoms with Crippen molar-refractivity contribution in [3.05, 3.63) is 24.3 Å². The molecule has 3 N–H and O–H groups in total. The molecule has 0 aliphatic rings. The zero-order valence-corrected chi connectivity index (χ0v) is 8.79. The normalized spacial score (nSPS) is 12.4. The third-order valence-corrected chi connectivity index (χ3v) is 2.79. The van der Waals surface area contributed by atoms with Gasteiger partial charge in [-0.3, -0.25) is 13.8 Å². The van der Waals surface area contributed by atoms with Gasteiger partial charge in [-0.2, -0.15) is 16.8 Å². The molecule has 0 spiro atoms. The van der Waals surface area contributed by atoms with Gasteiger partial charge in [0.25, 0.3) is 10.1 Å². The van der Waals surface area contributed by atoms with E-state index in [4.69, 9.17) is 9.11 Å². The Hall–Kier alpha value is -1.16. The molecule has 0 aromatic heterocycles. The van der Waals surface area contributed by atoms with E-state index in [0.29, 0.717) is 0 Å². The van der Waals surface area contributed by atoms with Crippen LogP contribution in [0, 0.1) is 0 Å². The summed E-state index contributed by atoms with van der Waals surface area (Å²) >= 11 is 0. The van der Waals surface area contributed by atoms with E-state index in [9.17, 15) is 16.8 Å². The third kappa shape index (κ3) is 3.47. The Morgan fingerprint density at radius 3 is 2.00 bits per heavy atom. The molecule has 0 fully saturated rings. The summed E-state index contributed by atoms with van der Waals surface area (Å²) < 4.78 is 61.2. The minimum Gasteiger partial charge on any atom is -0.282 e. The second kappa shape index (κ2) is 3.77. The van der Waals surface area contributed by atoms with Gasteiger partial charge < -0.3 is 0 Å². The summed E-state index contributed by atoms with van der Waals surface area (Å²) in [5.41, 5.74) is -0.428. The molecular formula is C6H7NO6S2. The fourth-order valence-electron chi connectivity index (χ4n) is 0.915. The monoisotopic (exact) mass is 253 g/mol. The molecule has 0 saturated heterocycles. The van der Waals surface area contributed by atoms with Gasteiger partial charge >= 0.3 is 10.3 Å². The number of hydrogen-bond acceptors (Lipinski definition) is 4. The maximum atomic E-state index is 10.8. The van der Waals surface area contributed by atoms with Gasteiger partial charge in [0.15, 0.2) is 0 Å². The van der Waals surface area contributed by atoms with E-state index in [1.807, 2.05) is 0 Å². The van der Waals surface area contributed by atoms with Crippen molar-refractivity contribution in [3.63, 3.8) is 0 Å². The maximum absolute atomic E-state index is 10.8. The summed E-state index contributed by atoms with van der Waals surface area (Å²) in [5, 5.41) is 0. The molecule has 1 rings (SSSR count). The average molecular weight is 253 g/mol. The third-order valence-electron chi connectivity index (χ3n) is 1.40. The van der Waals surface area contributed by atoms with Crippen LogP contribution in [0.2, 0.25) is 0 Å². The van der Waals surface area contributed by atoms with Crippen molar-refractivity contribution in [2.75, 3.05) is 4.72 Å². The van der Waals surface area contributed by atoms with Crippen LogP contribution in [0.4, 0.5) is 5.69 Å². The molecule has 84 valence electrons. The van der Waals surface area contributed by atoms with Gasteiger partial charge in [0.05, 0.1) is 5.69 Å². The van der Waals surface area contributed by atoms with Crippen molar-refractivity contribution in [2.24, 2.45) is 0 Å². The van der Waals surface area contributed by atoms with Gasteiger partial charge in [0.2, 0.25) is 0 Å². The maximum Gasteiger partial charge on any atom is 0.357 e. The number of para-hydroxylation sites is 1. The van der Waals surface area contributed by atoms with Crippen molar-refractivity contribution in [3.8, 4) is 0 Å². The lowest BCUT2D eigenvalue weighted by Gasteiger charge is -2.06. The predicted octanol–water partition coefficient (Wildman–Crippen LogP) is 0.148. The minimum absolute atomic E-state index is 0.428. The smallest absolute Gasteiger partial charge is 0.282 e. The molecule has 0 heterocycles. The van der Waals surface area contributed by atoms with Gasteiger partial charge in [0, 0.05) is 0 Å². The summed E-state index contributed by atoms with van der Waals surface area (Å²) in [6, 6.07) is 4.69. The van der Waals surface area contributed by atoms with Gasteiger partial charge in [-0.25, -0.2) is 0 Å². The molecule has 0 bridgehead atoms. The molecule has 0 amide bonds. The molecule has 1 aromatic carbocycles. The number of rotatable bonds is 3. The first-order valence-corrected chi connectivity index (χ1v) is 6.40. The Morgan fingerprint density at radius 1 is 1.00 bits per heavy atom. The highest BCUT2D eigenvalue weighted by atomic mass is 32.2. The Morgan fingerprint density at radius 2 is 1.53 bits per heavy atom. The number of benzene rings is 1. The predicted molar refractivity (Wildman–Crippen MR) is 51.4 cm³/mol. The van der Waals surface area contributed by atoms with Crippen LogP contribution < -0.4 is 4.72 Å². The van der Waals surface area contributed by atoms with Crippen molar-refractivity contribution in [1.29, 1.82) is 0 Å². The highest BCUT2D eigenvalue weighted by Gasteiger charge is 2.17. The van der Waals surface area contributed by atoms with Crippen LogP contribution in [-0.2, 0) is 20.4 Å². The molecule has 0 saturated carbocycles. The van der Waals surface area contributed by atoms with E-state index >= 15 is 0 Å². The lowest BCUT2D eigenvalue weighted by molar-refractivity contribution is 0.483. The van der Waals surface area contributed by atoms with Crippen LogP contribution in [0.1, 0.15) is 0 Å². The summed E-state index contributed by atoms with van der Waals surface area (Å²) in [4.78, 5) is -0.636. The van der Waals surface area contributed by atoms with E-state index in [1.54, 1.807) is 4.72 Å². The highest BCUT2D eigenvalue weighted by molar-refractivity contribution is 7.87.